The van der Waals surface area contributed by atoms with Crippen molar-refractivity contribution in [3.05, 3.63) is 28.8 Å². The number of phenolic OH excluding ortho intramolecular Hbond substituents is 1. The summed E-state index contributed by atoms with van der Waals surface area (Å²) in [5, 5.41) is 13.8. The van der Waals surface area contributed by atoms with Crippen molar-refractivity contribution in [2.75, 3.05) is 6.61 Å². The van der Waals surface area contributed by atoms with Gasteiger partial charge in [-0.25, -0.2) is 4.79 Å². The molecule has 5 nitrogen and oxygen atoms in total. The van der Waals surface area contributed by atoms with Gasteiger partial charge in [0.2, 0.25) is 0 Å². The van der Waals surface area contributed by atoms with Gasteiger partial charge in [0.25, 0.3) is 5.91 Å². The quantitative estimate of drug-likeness (QED) is 0.652. The predicted molar refractivity (Wildman–Crippen MR) is 116 cm³/mol. The number of carbonyl (C=O) groups excluding carboxylic acids is 2. The second-order valence-corrected chi connectivity index (χ2v) is 10.6. The number of rotatable bonds is 6. The molecule has 1 aromatic rings. The van der Waals surface area contributed by atoms with Crippen LogP contribution >= 0.6 is 0 Å². The van der Waals surface area contributed by atoms with E-state index < -0.39 is 5.97 Å². The van der Waals surface area contributed by atoms with Crippen LogP contribution < -0.4 is 5.32 Å². The molecule has 30 heavy (non-hydrogen) atoms. The summed E-state index contributed by atoms with van der Waals surface area (Å²) in [6.45, 7) is 7.75. The number of phenols is 1. The van der Waals surface area contributed by atoms with E-state index in [1.54, 1.807) is 6.07 Å². The standard InChI is InChI=1S/C25H35NO4/c1-14(2)19-8-20(15(3)4)23(28)21(9-19)24(29)30-13-22(27)26-25-10-16-5-17(11-25)7-18(6-16)12-25/h8-9,14-18,28H,5-7,10-13H2,1-4H3,(H,26,27). The van der Waals surface area contributed by atoms with E-state index in [9.17, 15) is 14.7 Å². The third-order valence-electron chi connectivity index (χ3n) is 7.45. The van der Waals surface area contributed by atoms with Crippen LogP contribution in [-0.4, -0.2) is 29.1 Å². The molecule has 0 unspecified atom stereocenters. The summed E-state index contributed by atoms with van der Waals surface area (Å²) in [5.41, 5.74) is 1.75. The normalized spacial score (nSPS) is 29.5. The van der Waals surface area contributed by atoms with E-state index in [-0.39, 0.29) is 41.2 Å². The van der Waals surface area contributed by atoms with E-state index in [2.05, 4.69) is 5.32 Å². The van der Waals surface area contributed by atoms with Crippen LogP contribution in [0, 0.1) is 17.8 Å². The van der Waals surface area contributed by atoms with Gasteiger partial charge in [-0.3, -0.25) is 4.79 Å². The Balaban J connectivity index is 1.42. The van der Waals surface area contributed by atoms with Crippen molar-refractivity contribution in [1.29, 1.82) is 0 Å². The smallest absolute Gasteiger partial charge is 0.342 e. The van der Waals surface area contributed by atoms with Crippen molar-refractivity contribution in [2.45, 2.75) is 83.6 Å². The highest BCUT2D eigenvalue weighted by Crippen LogP contribution is 2.55. The third kappa shape index (κ3) is 4.08. The largest absolute Gasteiger partial charge is 0.507 e. The Kier molecular flexibility index (Phi) is 5.58. The molecule has 0 aliphatic heterocycles. The molecule has 0 saturated heterocycles. The van der Waals surface area contributed by atoms with Crippen LogP contribution in [0.1, 0.15) is 99.5 Å². The number of carbonyl (C=O) groups is 2. The highest BCUT2D eigenvalue weighted by Gasteiger charge is 2.51. The third-order valence-corrected chi connectivity index (χ3v) is 7.45. The van der Waals surface area contributed by atoms with E-state index >= 15 is 0 Å². The number of benzene rings is 1. The van der Waals surface area contributed by atoms with Gasteiger partial charge in [-0.2, -0.15) is 0 Å². The molecule has 4 aliphatic rings. The maximum atomic E-state index is 12.7. The molecule has 4 aliphatic carbocycles. The van der Waals surface area contributed by atoms with E-state index in [4.69, 9.17) is 4.74 Å². The van der Waals surface area contributed by atoms with E-state index in [1.165, 1.54) is 19.3 Å². The molecule has 4 bridgehead atoms. The van der Waals surface area contributed by atoms with Gasteiger partial charge in [-0.05, 0) is 85.3 Å². The van der Waals surface area contributed by atoms with Crippen LogP contribution in [-0.2, 0) is 9.53 Å². The van der Waals surface area contributed by atoms with Gasteiger partial charge in [-0.15, -0.1) is 0 Å². The van der Waals surface area contributed by atoms with Gasteiger partial charge in [0.15, 0.2) is 6.61 Å². The molecular weight excluding hydrogens is 378 g/mol. The number of amides is 1. The molecule has 0 aromatic heterocycles. The highest BCUT2D eigenvalue weighted by atomic mass is 16.5. The Morgan fingerprint density at radius 3 is 2.10 bits per heavy atom. The average Bonchev–Trinajstić information content (AvgIpc) is 2.64. The van der Waals surface area contributed by atoms with Crippen molar-refractivity contribution in [1.82, 2.24) is 5.32 Å². The van der Waals surface area contributed by atoms with Gasteiger partial charge in [-0.1, -0.05) is 33.8 Å². The van der Waals surface area contributed by atoms with Crippen LogP contribution in [0.15, 0.2) is 12.1 Å². The molecule has 4 saturated carbocycles. The lowest BCUT2D eigenvalue weighted by molar-refractivity contribution is -0.130. The van der Waals surface area contributed by atoms with Gasteiger partial charge >= 0.3 is 5.97 Å². The zero-order valence-corrected chi connectivity index (χ0v) is 18.7. The van der Waals surface area contributed by atoms with E-state index in [0.29, 0.717) is 0 Å². The van der Waals surface area contributed by atoms with Crippen LogP contribution in [0.3, 0.4) is 0 Å². The lowest BCUT2D eigenvalue weighted by atomic mass is 9.53. The summed E-state index contributed by atoms with van der Waals surface area (Å²) in [6.07, 6.45) is 7.13. The molecule has 0 atom stereocenters. The molecule has 0 spiro atoms. The highest BCUT2D eigenvalue weighted by molar-refractivity contribution is 5.94. The number of aromatic hydroxyl groups is 1. The van der Waals surface area contributed by atoms with Crippen LogP contribution in [0.4, 0.5) is 0 Å². The first-order valence-electron chi connectivity index (χ1n) is 11.5. The number of esters is 1. The molecule has 5 rings (SSSR count). The molecule has 1 amide bonds. The minimum atomic E-state index is -0.641. The Morgan fingerprint density at radius 1 is 1.03 bits per heavy atom. The fraction of sp³-hybridized carbons (Fsp3) is 0.680. The Morgan fingerprint density at radius 2 is 1.60 bits per heavy atom. The van der Waals surface area contributed by atoms with Gasteiger partial charge < -0.3 is 15.2 Å². The van der Waals surface area contributed by atoms with Crippen LogP contribution in [0.25, 0.3) is 0 Å². The Bertz CT molecular complexity index is 807. The number of nitrogens with one attached hydrogen (secondary N) is 1. The lowest BCUT2D eigenvalue weighted by Gasteiger charge is -2.56. The van der Waals surface area contributed by atoms with Crippen molar-refractivity contribution < 1.29 is 19.4 Å². The summed E-state index contributed by atoms with van der Waals surface area (Å²) in [5.74, 6) is 1.61. The van der Waals surface area contributed by atoms with Gasteiger partial charge in [0.05, 0.1) is 0 Å². The van der Waals surface area contributed by atoms with Crippen molar-refractivity contribution in [3.8, 4) is 5.75 Å². The first-order chi connectivity index (χ1) is 14.2. The SMILES string of the molecule is CC(C)c1cc(C(=O)OCC(=O)NC23CC4CC(CC(C4)C2)C3)c(O)c(C(C)C)c1. The summed E-state index contributed by atoms with van der Waals surface area (Å²) in [4.78, 5) is 25.4. The van der Waals surface area contributed by atoms with Crippen LogP contribution in [0.2, 0.25) is 0 Å². The molecule has 164 valence electrons. The predicted octanol–water partition coefficient (Wildman–Crippen LogP) is 4.88. The molecule has 4 fully saturated rings. The molecular formula is C25H35NO4. The van der Waals surface area contributed by atoms with Crippen LogP contribution in [0.5, 0.6) is 5.75 Å². The molecule has 2 N–H and O–H groups in total. The summed E-state index contributed by atoms with van der Waals surface area (Å²) in [6, 6.07) is 3.63. The Labute approximate surface area is 179 Å². The maximum Gasteiger partial charge on any atom is 0.342 e. The van der Waals surface area contributed by atoms with Crippen molar-refractivity contribution in [3.63, 3.8) is 0 Å². The topological polar surface area (TPSA) is 75.6 Å². The van der Waals surface area contributed by atoms with Crippen molar-refractivity contribution >= 4 is 11.9 Å². The molecule has 1 aromatic carbocycles. The lowest BCUT2D eigenvalue weighted by Crippen LogP contribution is -2.60. The summed E-state index contributed by atoms with van der Waals surface area (Å²) >= 11 is 0. The zero-order chi connectivity index (χ0) is 21.6. The first kappa shape index (κ1) is 21.2. The first-order valence-corrected chi connectivity index (χ1v) is 11.5. The molecule has 0 heterocycles. The maximum absolute atomic E-state index is 12.7. The fourth-order valence-electron chi connectivity index (χ4n) is 6.41. The number of ether oxygens (including phenoxy) is 1. The second-order valence-electron chi connectivity index (χ2n) is 10.6. The van der Waals surface area contributed by atoms with Gasteiger partial charge in [0.1, 0.15) is 11.3 Å². The minimum Gasteiger partial charge on any atom is -0.507 e. The second kappa shape index (κ2) is 7.90. The number of hydrogen-bond acceptors (Lipinski definition) is 4. The summed E-state index contributed by atoms with van der Waals surface area (Å²) < 4.78 is 5.34. The molecule has 0 radical (unpaired) electrons. The van der Waals surface area contributed by atoms with Crippen molar-refractivity contribution in [2.24, 2.45) is 17.8 Å². The minimum absolute atomic E-state index is 0.0408. The van der Waals surface area contributed by atoms with E-state index in [0.717, 1.165) is 48.1 Å². The van der Waals surface area contributed by atoms with Gasteiger partial charge in [0, 0.05) is 5.54 Å². The number of hydrogen-bond donors (Lipinski definition) is 2. The monoisotopic (exact) mass is 413 g/mol. The summed E-state index contributed by atoms with van der Waals surface area (Å²) in [7, 11) is 0. The molecule has 5 heteroatoms. The fourth-order valence-corrected chi connectivity index (χ4v) is 6.41. The van der Waals surface area contributed by atoms with E-state index in [1.807, 2.05) is 33.8 Å². The Hall–Kier alpha value is -2.04. The zero-order valence-electron chi connectivity index (χ0n) is 18.7. The average molecular weight is 414 g/mol.